The Kier molecular flexibility index (Phi) is 5.06. The van der Waals surface area contributed by atoms with Gasteiger partial charge < -0.3 is 5.32 Å². The van der Waals surface area contributed by atoms with Crippen LogP contribution in [0.1, 0.15) is 43.0 Å². The molecule has 1 aliphatic heterocycles. The summed E-state index contributed by atoms with van der Waals surface area (Å²) < 4.78 is 41.0. The minimum Gasteiger partial charge on any atom is -0.378 e. The van der Waals surface area contributed by atoms with Crippen LogP contribution in [0.25, 0.3) is 0 Å². The Hall–Kier alpha value is -2.86. The molecule has 0 fully saturated rings. The van der Waals surface area contributed by atoms with E-state index >= 15 is 0 Å². The standard InChI is InChI=1S/C24H25FN2O2S/c1-16-7-12-22-21(13-16)24(2,3)15-23(26-22)17-5-4-6-19(14-17)27-30(28,29)20-10-8-18(25)9-11-20/h4-14,23,26-27H,15H2,1-3H3. The van der Waals surface area contributed by atoms with E-state index in [0.29, 0.717) is 5.69 Å². The maximum Gasteiger partial charge on any atom is 0.261 e. The van der Waals surface area contributed by atoms with Crippen LogP contribution in [0.3, 0.4) is 0 Å². The normalized spacial score (nSPS) is 17.7. The number of anilines is 2. The lowest BCUT2D eigenvalue weighted by Gasteiger charge is -2.39. The van der Waals surface area contributed by atoms with Crippen LogP contribution in [0.5, 0.6) is 0 Å². The third kappa shape index (κ3) is 4.05. The van der Waals surface area contributed by atoms with E-state index in [4.69, 9.17) is 0 Å². The van der Waals surface area contributed by atoms with Crippen LogP contribution in [0.4, 0.5) is 15.8 Å². The number of halogens is 1. The summed E-state index contributed by atoms with van der Waals surface area (Å²) in [5.41, 5.74) is 5.12. The molecule has 3 aromatic rings. The fourth-order valence-corrected chi connectivity index (χ4v) is 5.10. The third-order valence-corrected chi connectivity index (χ3v) is 7.01. The van der Waals surface area contributed by atoms with Crippen LogP contribution < -0.4 is 10.0 Å². The van der Waals surface area contributed by atoms with Crippen molar-refractivity contribution in [3.8, 4) is 0 Å². The second-order valence-electron chi connectivity index (χ2n) is 8.52. The van der Waals surface area contributed by atoms with E-state index in [1.807, 2.05) is 18.2 Å². The molecular weight excluding hydrogens is 399 g/mol. The highest BCUT2D eigenvalue weighted by Gasteiger charge is 2.33. The lowest BCUT2D eigenvalue weighted by atomic mass is 9.73. The summed E-state index contributed by atoms with van der Waals surface area (Å²) in [6, 6.07) is 18.7. The molecule has 0 aromatic heterocycles. The van der Waals surface area contributed by atoms with Crippen LogP contribution >= 0.6 is 0 Å². The van der Waals surface area contributed by atoms with Crippen LogP contribution in [-0.4, -0.2) is 8.42 Å². The number of aryl methyl sites for hydroxylation is 1. The van der Waals surface area contributed by atoms with Crippen molar-refractivity contribution in [1.29, 1.82) is 0 Å². The highest BCUT2D eigenvalue weighted by atomic mass is 32.2. The molecule has 0 saturated carbocycles. The first-order valence-corrected chi connectivity index (χ1v) is 11.4. The number of fused-ring (bicyclic) bond motifs is 1. The van der Waals surface area contributed by atoms with Gasteiger partial charge in [0.2, 0.25) is 0 Å². The van der Waals surface area contributed by atoms with Gasteiger partial charge in [-0.05, 0) is 72.4 Å². The van der Waals surface area contributed by atoms with Gasteiger partial charge in [-0.2, -0.15) is 0 Å². The van der Waals surface area contributed by atoms with E-state index in [9.17, 15) is 12.8 Å². The smallest absolute Gasteiger partial charge is 0.261 e. The van der Waals surface area contributed by atoms with Gasteiger partial charge in [0.25, 0.3) is 10.0 Å². The van der Waals surface area contributed by atoms with Gasteiger partial charge in [0.05, 0.1) is 10.9 Å². The van der Waals surface area contributed by atoms with Gasteiger partial charge in [-0.3, -0.25) is 4.72 Å². The largest absolute Gasteiger partial charge is 0.378 e. The molecule has 2 N–H and O–H groups in total. The minimum atomic E-state index is -3.79. The van der Waals surface area contributed by atoms with Gasteiger partial charge in [-0.15, -0.1) is 0 Å². The van der Waals surface area contributed by atoms with Crippen molar-refractivity contribution >= 4 is 21.4 Å². The Bertz CT molecular complexity index is 1190. The lowest BCUT2D eigenvalue weighted by Crippen LogP contribution is -2.31. The molecule has 0 aliphatic carbocycles. The highest BCUT2D eigenvalue weighted by molar-refractivity contribution is 7.92. The van der Waals surface area contributed by atoms with Gasteiger partial charge in [0.1, 0.15) is 5.82 Å². The summed E-state index contributed by atoms with van der Waals surface area (Å²) >= 11 is 0. The topological polar surface area (TPSA) is 58.2 Å². The Balaban J connectivity index is 1.61. The fraction of sp³-hybridized carbons (Fsp3) is 0.250. The Morgan fingerprint density at radius 3 is 2.50 bits per heavy atom. The highest BCUT2D eigenvalue weighted by Crippen LogP contribution is 2.44. The number of sulfonamides is 1. The zero-order valence-corrected chi connectivity index (χ0v) is 18.1. The van der Waals surface area contributed by atoms with Crippen molar-refractivity contribution in [2.24, 2.45) is 0 Å². The Morgan fingerprint density at radius 1 is 1.03 bits per heavy atom. The van der Waals surface area contributed by atoms with Crippen LogP contribution in [0, 0.1) is 12.7 Å². The zero-order valence-electron chi connectivity index (χ0n) is 17.2. The molecule has 30 heavy (non-hydrogen) atoms. The Morgan fingerprint density at radius 2 is 1.77 bits per heavy atom. The molecule has 0 amide bonds. The molecule has 0 saturated heterocycles. The second-order valence-corrected chi connectivity index (χ2v) is 10.2. The quantitative estimate of drug-likeness (QED) is 0.559. The first kappa shape index (κ1) is 20.4. The average Bonchev–Trinajstić information content (AvgIpc) is 2.68. The minimum absolute atomic E-state index is 0.0130. The molecule has 1 atom stereocenters. The summed E-state index contributed by atoms with van der Waals surface area (Å²) in [6.45, 7) is 6.57. The van der Waals surface area contributed by atoms with Crippen molar-refractivity contribution in [2.45, 2.75) is 43.5 Å². The molecule has 0 radical (unpaired) electrons. The molecule has 4 rings (SSSR count). The fourth-order valence-electron chi connectivity index (χ4n) is 4.05. The summed E-state index contributed by atoms with van der Waals surface area (Å²) in [6.07, 6.45) is 0.887. The summed E-state index contributed by atoms with van der Waals surface area (Å²) in [7, 11) is -3.79. The molecule has 6 heteroatoms. The van der Waals surface area contributed by atoms with E-state index in [2.05, 4.69) is 49.0 Å². The van der Waals surface area contributed by atoms with Gasteiger partial charge in [0, 0.05) is 11.4 Å². The zero-order chi connectivity index (χ0) is 21.5. The maximum atomic E-state index is 13.1. The first-order chi connectivity index (χ1) is 14.1. The number of nitrogens with one attached hydrogen (secondary N) is 2. The van der Waals surface area contributed by atoms with Crippen LogP contribution in [0.15, 0.2) is 71.6 Å². The van der Waals surface area contributed by atoms with Crippen molar-refractivity contribution in [3.05, 3.63) is 89.2 Å². The average molecular weight is 425 g/mol. The predicted octanol–water partition coefficient (Wildman–Crippen LogP) is 5.77. The molecule has 1 unspecified atom stereocenters. The molecular formula is C24H25FN2O2S. The summed E-state index contributed by atoms with van der Waals surface area (Å²) in [5.74, 6) is -0.475. The SMILES string of the molecule is Cc1ccc2c(c1)C(C)(C)CC(c1cccc(NS(=O)(=O)c3ccc(F)cc3)c1)N2. The first-order valence-electron chi connectivity index (χ1n) is 9.90. The van der Waals surface area contributed by atoms with Crippen molar-refractivity contribution < 1.29 is 12.8 Å². The summed E-state index contributed by atoms with van der Waals surface area (Å²) in [4.78, 5) is 0.0236. The number of hydrogen-bond acceptors (Lipinski definition) is 3. The number of rotatable bonds is 4. The van der Waals surface area contributed by atoms with Crippen LogP contribution in [0.2, 0.25) is 0 Å². The van der Waals surface area contributed by atoms with Crippen molar-refractivity contribution in [2.75, 3.05) is 10.0 Å². The van der Waals surface area contributed by atoms with Crippen molar-refractivity contribution in [1.82, 2.24) is 0 Å². The maximum absolute atomic E-state index is 13.1. The second kappa shape index (κ2) is 7.43. The molecule has 0 spiro atoms. The van der Waals surface area contributed by atoms with Crippen LogP contribution in [-0.2, 0) is 15.4 Å². The lowest BCUT2D eigenvalue weighted by molar-refractivity contribution is 0.427. The van der Waals surface area contributed by atoms with Crippen molar-refractivity contribution in [3.63, 3.8) is 0 Å². The predicted molar refractivity (Wildman–Crippen MR) is 119 cm³/mol. The molecule has 3 aromatic carbocycles. The van der Waals surface area contributed by atoms with E-state index in [0.717, 1.165) is 29.8 Å². The van der Waals surface area contributed by atoms with E-state index in [-0.39, 0.29) is 16.4 Å². The van der Waals surface area contributed by atoms with Gasteiger partial charge in [-0.25, -0.2) is 12.8 Å². The monoisotopic (exact) mass is 424 g/mol. The van der Waals surface area contributed by atoms with E-state index < -0.39 is 15.8 Å². The Labute approximate surface area is 177 Å². The van der Waals surface area contributed by atoms with Gasteiger partial charge in [-0.1, -0.05) is 43.7 Å². The van der Waals surface area contributed by atoms with Gasteiger partial charge >= 0.3 is 0 Å². The molecule has 1 heterocycles. The molecule has 0 bridgehead atoms. The molecule has 1 aliphatic rings. The molecule has 4 nitrogen and oxygen atoms in total. The van der Waals surface area contributed by atoms with Gasteiger partial charge in [0.15, 0.2) is 0 Å². The summed E-state index contributed by atoms with van der Waals surface area (Å²) in [5, 5.41) is 3.61. The number of hydrogen-bond donors (Lipinski definition) is 2. The van der Waals surface area contributed by atoms with E-state index in [1.165, 1.54) is 23.3 Å². The number of benzene rings is 3. The molecule has 156 valence electrons. The van der Waals surface area contributed by atoms with E-state index in [1.54, 1.807) is 6.07 Å². The third-order valence-electron chi connectivity index (χ3n) is 5.61.